The lowest BCUT2D eigenvalue weighted by molar-refractivity contribution is -0.136. The molecule has 0 atom stereocenters. The number of aliphatic carboxylic acids is 1. The van der Waals surface area contributed by atoms with Crippen LogP contribution in [0.2, 0.25) is 0 Å². The molecule has 0 saturated heterocycles. The van der Waals surface area contributed by atoms with Crippen LogP contribution in [0.5, 0.6) is 11.5 Å². The second kappa shape index (κ2) is 5.81. The zero-order chi connectivity index (χ0) is 13.7. The number of ether oxygens (including phenoxy) is 2. The molecule has 0 saturated carbocycles. The number of carboxylic acid groups (broad SMARTS) is 1. The van der Waals surface area contributed by atoms with E-state index in [2.05, 4.69) is 0 Å². The summed E-state index contributed by atoms with van der Waals surface area (Å²) in [6, 6.07) is 4.23. The van der Waals surface area contributed by atoms with E-state index in [1.165, 1.54) is 32.0 Å². The second-order valence-electron chi connectivity index (χ2n) is 3.54. The molecular weight excluding hydrogens is 240 g/mol. The molecule has 18 heavy (non-hydrogen) atoms. The van der Waals surface area contributed by atoms with Gasteiger partial charge >= 0.3 is 17.9 Å². The van der Waals surface area contributed by atoms with Crippen LogP contribution in [0.4, 0.5) is 0 Å². The molecule has 0 spiro atoms. The van der Waals surface area contributed by atoms with Gasteiger partial charge in [0, 0.05) is 13.8 Å². The molecule has 0 fully saturated rings. The maximum absolute atomic E-state index is 10.9. The van der Waals surface area contributed by atoms with E-state index in [0.29, 0.717) is 5.56 Å². The molecule has 6 heteroatoms. The van der Waals surface area contributed by atoms with Gasteiger partial charge in [-0.15, -0.1) is 0 Å². The van der Waals surface area contributed by atoms with Crippen molar-refractivity contribution in [3.05, 3.63) is 23.8 Å². The summed E-state index contributed by atoms with van der Waals surface area (Å²) >= 11 is 0. The number of benzene rings is 1. The molecule has 1 rings (SSSR count). The molecule has 0 aliphatic heterocycles. The van der Waals surface area contributed by atoms with Crippen LogP contribution < -0.4 is 9.47 Å². The van der Waals surface area contributed by atoms with Gasteiger partial charge in [-0.3, -0.25) is 14.4 Å². The summed E-state index contributed by atoms with van der Waals surface area (Å²) in [5, 5.41) is 8.66. The Hall–Kier alpha value is -2.37. The van der Waals surface area contributed by atoms with E-state index in [-0.39, 0.29) is 17.9 Å². The van der Waals surface area contributed by atoms with Crippen molar-refractivity contribution in [1.29, 1.82) is 0 Å². The Morgan fingerprint density at radius 3 is 2.11 bits per heavy atom. The van der Waals surface area contributed by atoms with Gasteiger partial charge in [-0.2, -0.15) is 0 Å². The molecule has 96 valence electrons. The Morgan fingerprint density at radius 2 is 1.61 bits per heavy atom. The first-order valence-corrected chi connectivity index (χ1v) is 5.10. The lowest BCUT2D eigenvalue weighted by atomic mass is 10.1. The van der Waals surface area contributed by atoms with Crippen LogP contribution >= 0.6 is 0 Å². The van der Waals surface area contributed by atoms with Crippen LogP contribution in [0.25, 0.3) is 0 Å². The lowest BCUT2D eigenvalue weighted by Gasteiger charge is -2.09. The number of hydrogen-bond acceptors (Lipinski definition) is 5. The van der Waals surface area contributed by atoms with Crippen molar-refractivity contribution in [3.8, 4) is 11.5 Å². The molecule has 1 aromatic carbocycles. The van der Waals surface area contributed by atoms with Crippen LogP contribution in [0, 0.1) is 0 Å². The molecule has 1 N–H and O–H groups in total. The van der Waals surface area contributed by atoms with Crippen molar-refractivity contribution in [2.24, 2.45) is 0 Å². The smallest absolute Gasteiger partial charge is 0.308 e. The number of carbonyl (C=O) groups excluding carboxylic acids is 2. The van der Waals surface area contributed by atoms with Crippen molar-refractivity contribution in [2.75, 3.05) is 0 Å². The molecule has 0 radical (unpaired) electrons. The summed E-state index contributed by atoms with van der Waals surface area (Å²) in [5.74, 6) is -2.06. The molecule has 0 amide bonds. The first kappa shape index (κ1) is 13.7. The number of carbonyl (C=O) groups is 3. The van der Waals surface area contributed by atoms with Crippen molar-refractivity contribution in [2.45, 2.75) is 20.3 Å². The van der Waals surface area contributed by atoms with Gasteiger partial charge in [-0.05, 0) is 17.7 Å². The summed E-state index contributed by atoms with van der Waals surface area (Å²) in [6.07, 6.45) is -0.214. The van der Waals surface area contributed by atoms with Crippen LogP contribution in [-0.4, -0.2) is 23.0 Å². The molecule has 0 aliphatic carbocycles. The highest BCUT2D eigenvalue weighted by Gasteiger charge is 2.12. The third-order valence-corrected chi connectivity index (χ3v) is 1.87. The second-order valence-corrected chi connectivity index (χ2v) is 3.54. The predicted octanol–water partition coefficient (Wildman–Crippen LogP) is 1.16. The third-order valence-electron chi connectivity index (χ3n) is 1.87. The fourth-order valence-electron chi connectivity index (χ4n) is 1.31. The monoisotopic (exact) mass is 252 g/mol. The Labute approximate surface area is 103 Å². The SMILES string of the molecule is CC(=O)Oc1ccc(CC(=O)O)cc1OC(C)=O. The summed E-state index contributed by atoms with van der Waals surface area (Å²) in [4.78, 5) is 32.3. The fourth-order valence-corrected chi connectivity index (χ4v) is 1.31. The highest BCUT2D eigenvalue weighted by Crippen LogP contribution is 2.29. The van der Waals surface area contributed by atoms with E-state index in [0.717, 1.165) is 0 Å². The van der Waals surface area contributed by atoms with E-state index < -0.39 is 17.9 Å². The van der Waals surface area contributed by atoms with E-state index in [4.69, 9.17) is 14.6 Å². The van der Waals surface area contributed by atoms with Gasteiger partial charge < -0.3 is 14.6 Å². The van der Waals surface area contributed by atoms with Gasteiger partial charge in [-0.1, -0.05) is 6.07 Å². The zero-order valence-corrected chi connectivity index (χ0v) is 9.93. The summed E-state index contributed by atoms with van der Waals surface area (Å²) in [7, 11) is 0. The maximum Gasteiger partial charge on any atom is 0.308 e. The fraction of sp³-hybridized carbons (Fsp3) is 0.250. The number of rotatable bonds is 4. The van der Waals surface area contributed by atoms with Crippen molar-refractivity contribution < 1.29 is 29.0 Å². The molecule has 0 bridgehead atoms. The Balaban J connectivity index is 3.06. The van der Waals surface area contributed by atoms with E-state index in [1.54, 1.807) is 0 Å². The lowest BCUT2D eigenvalue weighted by Crippen LogP contribution is -2.08. The standard InChI is InChI=1S/C12H12O6/c1-7(13)17-10-4-3-9(6-12(15)16)5-11(10)18-8(2)14/h3-5H,6H2,1-2H3,(H,15,16). The minimum absolute atomic E-state index is 0.0245. The van der Waals surface area contributed by atoms with Gasteiger partial charge in [0.1, 0.15) is 0 Å². The first-order valence-electron chi connectivity index (χ1n) is 5.10. The minimum Gasteiger partial charge on any atom is -0.481 e. The Morgan fingerprint density at radius 1 is 1.06 bits per heavy atom. The first-order chi connectivity index (χ1) is 8.38. The largest absolute Gasteiger partial charge is 0.481 e. The van der Waals surface area contributed by atoms with Gasteiger partial charge in [0.05, 0.1) is 6.42 Å². The Kier molecular flexibility index (Phi) is 4.42. The van der Waals surface area contributed by atoms with Crippen LogP contribution in [0.3, 0.4) is 0 Å². The third kappa shape index (κ3) is 4.25. The number of esters is 2. The average Bonchev–Trinajstić information content (AvgIpc) is 2.19. The van der Waals surface area contributed by atoms with E-state index in [9.17, 15) is 14.4 Å². The molecule has 1 aromatic rings. The summed E-state index contributed by atoms with van der Waals surface area (Å²) in [6.45, 7) is 2.41. The highest BCUT2D eigenvalue weighted by molar-refractivity contribution is 5.75. The van der Waals surface area contributed by atoms with Crippen molar-refractivity contribution >= 4 is 17.9 Å². The Bertz CT molecular complexity index is 491. The molecule has 0 heterocycles. The van der Waals surface area contributed by atoms with E-state index in [1.807, 2.05) is 0 Å². The minimum atomic E-state index is -1.01. The molecule has 0 aromatic heterocycles. The zero-order valence-electron chi connectivity index (χ0n) is 9.93. The van der Waals surface area contributed by atoms with Gasteiger partial charge in [-0.25, -0.2) is 0 Å². The average molecular weight is 252 g/mol. The quantitative estimate of drug-likeness (QED) is 0.639. The van der Waals surface area contributed by atoms with Crippen LogP contribution in [0.1, 0.15) is 19.4 Å². The summed E-state index contributed by atoms with van der Waals surface area (Å²) in [5.41, 5.74) is 0.439. The molecule has 6 nitrogen and oxygen atoms in total. The molecular formula is C12H12O6. The van der Waals surface area contributed by atoms with Gasteiger partial charge in [0.25, 0.3) is 0 Å². The van der Waals surface area contributed by atoms with Gasteiger partial charge in [0.2, 0.25) is 0 Å². The van der Waals surface area contributed by atoms with Crippen LogP contribution in [0.15, 0.2) is 18.2 Å². The predicted molar refractivity (Wildman–Crippen MR) is 60.4 cm³/mol. The van der Waals surface area contributed by atoms with Gasteiger partial charge in [0.15, 0.2) is 11.5 Å². The van der Waals surface area contributed by atoms with Crippen molar-refractivity contribution in [3.63, 3.8) is 0 Å². The molecule has 0 aliphatic rings. The normalized spacial score (nSPS) is 9.67. The van der Waals surface area contributed by atoms with E-state index >= 15 is 0 Å². The highest BCUT2D eigenvalue weighted by atomic mass is 16.6. The topological polar surface area (TPSA) is 89.9 Å². The maximum atomic E-state index is 10.9. The van der Waals surface area contributed by atoms with Crippen molar-refractivity contribution in [1.82, 2.24) is 0 Å². The van der Waals surface area contributed by atoms with Crippen LogP contribution in [-0.2, 0) is 20.8 Å². The number of carboxylic acids is 1. The number of hydrogen-bond donors (Lipinski definition) is 1. The molecule has 0 unspecified atom stereocenters. The summed E-state index contributed by atoms with van der Waals surface area (Å²) < 4.78 is 9.70.